The molecule has 0 aliphatic carbocycles. The Hall–Kier alpha value is -0.573. The second kappa shape index (κ2) is 7.68. The molecule has 2 nitrogen and oxygen atoms in total. The van der Waals surface area contributed by atoms with E-state index in [0.717, 1.165) is 37.4 Å². The Balaban J connectivity index is 4.58. The minimum absolute atomic E-state index is 0.225. The van der Waals surface area contributed by atoms with Crippen LogP contribution in [0, 0.1) is 0 Å². The maximum absolute atomic E-state index is 11.3. The van der Waals surface area contributed by atoms with Crippen LogP contribution >= 0.6 is 0 Å². The van der Waals surface area contributed by atoms with Crippen LogP contribution in [0.15, 0.2) is 12.7 Å². The Morgan fingerprint density at radius 1 is 1.13 bits per heavy atom. The summed E-state index contributed by atoms with van der Waals surface area (Å²) in [5.41, 5.74) is 0. The van der Waals surface area contributed by atoms with E-state index < -0.39 is 8.32 Å². The monoisotopic (exact) mass is 228 g/mol. The molecule has 0 aromatic carbocycles. The van der Waals surface area contributed by atoms with Crippen LogP contribution in [-0.2, 0) is 9.22 Å². The standard InChI is InChI=1S/C12H24O2Si/c1-5-9-15(10-6-2,11-7-3)14-12(13)8-4/h8H,4-7,9-11H2,1-3H3. The lowest BCUT2D eigenvalue weighted by atomic mass is 10.6. The van der Waals surface area contributed by atoms with Crippen molar-refractivity contribution in [3.05, 3.63) is 12.7 Å². The average Bonchev–Trinajstić information content (AvgIpc) is 2.18. The van der Waals surface area contributed by atoms with Gasteiger partial charge in [0.25, 0.3) is 8.32 Å². The highest BCUT2D eigenvalue weighted by Gasteiger charge is 2.35. The zero-order chi connectivity index (χ0) is 11.7. The van der Waals surface area contributed by atoms with E-state index in [9.17, 15) is 4.79 Å². The fraction of sp³-hybridized carbons (Fsp3) is 0.750. The highest BCUT2D eigenvalue weighted by Crippen LogP contribution is 2.27. The maximum atomic E-state index is 11.3. The van der Waals surface area contributed by atoms with Gasteiger partial charge in [0, 0.05) is 6.08 Å². The van der Waals surface area contributed by atoms with Crippen LogP contribution < -0.4 is 0 Å². The molecule has 0 saturated heterocycles. The van der Waals surface area contributed by atoms with Crippen molar-refractivity contribution in [3.63, 3.8) is 0 Å². The first kappa shape index (κ1) is 14.4. The lowest BCUT2D eigenvalue weighted by Crippen LogP contribution is -2.39. The van der Waals surface area contributed by atoms with Gasteiger partial charge in [-0.05, 0) is 18.1 Å². The van der Waals surface area contributed by atoms with E-state index in [0.29, 0.717) is 0 Å². The lowest BCUT2D eigenvalue weighted by molar-refractivity contribution is -0.129. The Labute approximate surface area is 94.8 Å². The van der Waals surface area contributed by atoms with Crippen molar-refractivity contribution in [2.45, 2.75) is 58.2 Å². The number of rotatable bonds is 8. The molecule has 0 aliphatic rings. The summed E-state index contributed by atoms with van der Waals surface area (Å²) in [6.07, 6.45) is 4.62. The molecule has 0 aromatic heterocycles. The van der Waals surface area contributed by atoms with Gasteiger partial charge in [0.1, 0.15) is 0 Å². The van der Waals surface area contributed by atoms with Gasteiger partial charge in [0.05, 0.1) is 0 Å². The fourth-order valence-electron chi connectivity index (χ4n) is 2.15. The van der Waals surface area contributed by atoms with Gasteiger partial charge in [-0.1, -0.05) is 46.6 Å². The molecule has 0 radical (unpaired) electrons. The Kier molecular flexibility index (Phi) is 7.39. The minimum Gasteiger partial charge on any atom is -0.516 e. The first-order valence-corrected chi connectivity index (χ1v) is 8.52. The van der Waals surface area contributed by atoms with E-state index in [1.807, 2.05) is 0 Å². The van der Waals surface area contributed by atoms with Gasteiger partial charge < -0.3 is 4.43 Å². The van der Waals surface area contributed by atoms with Crippen molar-refractivity contribution in [1.82, 2.24) is 0 Å². The summed E-state index contributed by atoms with van der Waals surface area (Å²) in [6.45, 7) is 9.96. The van der Waals surface area contributed by atoms with E-state index in [4.69, 9.17) is 4.43 Å². The third-order valence-electron chi connectivity index (χ3n) is 2.60. The number of carbonyl (C=O) groups is 1. The van der Waals surface area contributed by atoms with E-state index in [1.54, 1.807) is 0 Å². The van der Waals surface area contributed by atoms with Crippen molar-refractivity contribution in [2.75, 3.05) is 0 Å². The number of hydrogen-bond donors (Lipinski definition) is 0. The number of carbonyl (C=O) groups excluding carboxylic acids is 1. The molecule has 0 fully saturated rings. The van der Waals surface area contributed by atoms with Crippen LogP contribution in [0.3, 0.4) is 0 Å². The minimum atomic E-state index is -1.80. The summed E-state index contributed by atoms with van der Waals surface area (Å²) in [4.78, 5) is 11.3. The van der Waals surface area contributed by atoms with Crippen molar-refractivity contribution in [1.29, 1.82) is 0 Å². The zero-order valence-electron chi connectivity index (χ0n) is 10.3. The van der Waals surface area contributed by atoms with Gasteiger partial charge in [-0.15, -0.1) is 0 Å². The van der Waals surface area contributed by atoms with Gasteiger partial charge in [0.2, 0.25) is 0 Å². The molecule has 0 rings (SSSR count). The molecule has 0 unspecified atom stereocenters. The molecule has 15 heavy (non-hydrogen) atoms. The molecule has 0 atom stereocenters. The summed E-state index contributed by atoms with van der Waals surface area (Å²) in [5.74, 6) is -0.225. The highest BCUT2D eigenvalue weighted by molar-refractivity contribution is 6.75. The van der Waals surface area contributed by atoms with Crippen LogP contribution in [0.5, 0.6) is 0 Å². The van der Waals surface area contributed by atoms with Crippen molar-refractivity contribution in [3.8, 4) is 0 Å². The molecular weight excluding hydrogens is 204 g/mol. The average molecular weight is 228 g/mol. The van der Waals surface area contributed by atoms with Gasteiger partial charge >= 0.3 is 5.97 Å². The topological polar surface area (TPSA) is 26.3 Å². The quantitative estimate of drug-likeness (QED) is 0.465. The van der Waals surface area contributed by atoms with E-state index in [1.165, 1.54) is 6.08 Å². The van der Waals surface area contributed by atoms with Gasteiger partial charge in [-0.25, -0.2) is 4.79 Å². The molecule has 0 spiro atoms. The summed E-state index contributed by atoms with van der Waals surface area (Å²) >= 11 is 0. The van der Waals surface area contributed by atoms with Crippen molar-refractivity contribution in [2.24, 2.45) is 0 Å². The van der Waals surface area contributed by atoms with Crippen LogP contribution in [0.2, 0.25) is 18.1 Å². The first-order chi connectivity index (χ1) is 7.14. The van der Waals surface area contributed by atoms with Gasteiger partial charge in [-0.2, -0.15) is 0 Å². The molecule has 0 aromatic rings. The Morgan fingerprint density at radius 2 is 1.53 bits per heavy atom. The lowest BCUT2D eigenvalue weighted by Gasteiger charge is -2.29. The zero-order valence-corrected chi connectivity index (χ0v) is 11.3. The predicted molar refractivity (Wildman–Crippen MR) is 67.3 cm³/mol. The molecule has 0 heterocycles. The molecule has 0 saturated carbocycles. The molecule has 88 valence electrons. The van der Waals surface area contributed by atoms with Crippen LogP contribution in [0.25, 0.3) is 0 Å². The van der Waals surface area contributed by atoms with E-state index in [-0.39, 0.29) is 5.97 Å². The van der Waals surface area contributed by atoms with Crippen LogP contribution in [0.1, 0.15) is 40.0 Å². The molecule has 0 N–H and O–H groups in total. The summed E-state index contributed by atoms with van der Waals surface area (Å²) in [6, 6.07) is 3.27. The summed E-state index contributed by atoms with van der Waals surface area (Å²) < 4.78 is 5.69. The van der Waals surface area contributed by atoms with Gasteiger partial charge in [0.15, 0.2) is 0 Å². The van der Waals surface area contributed by atoms with Crippen molar-refractivity contribution < 1.29 is 9.22 Å². The number of hydrogen-bond acceptors (Lipinski definition) is 2. The molecule has 3 heteroatoms. The van der Waals surface area contributed by atoms with E-state index in [2.05, 4.69) is 27.4 Å². The predicted octanol–water partition coefficient (Wildman–Crippen LogP) is 3.89. The third kappa shape index (κ3) is 5.16. The largest absolute Gasteiger partial charge is 0.516 e. The van der Waals surface area contributed by atoms with Gasteiger partial charge in [-0.3, -0.25) is 0 Å². The van der Waals surface area contributed by atoms with Crippen molar-refractivity contribution >= 4 is 14.3 Å². The Morgan fingerprint density at radius 3 is 1.80 bits per heavy atom. The smallest absolute Gasteiger partial charge is 0.316 e. The SMILES string of the molecule is C=CC(=O)O[Si](CCC)(CCC)CCC. The second-order valence-corrected chi connectivity index (χ2v) is 8.13. The third-order valence-corrected chi connectivity index (χ3v) is 7.47. The van der Waals surface area contributed by atoms with E-state index >= 15 is 0 Å². The van der Waals surface area contributed by atoms with Crippen LogP contribution in [0.4, 0.5) is 0 Å². The molecular formula is C12H24O2Si. The highest BCUT2D eigenvalue weighted by atomic mass is 28.4. The molecule has 0 amide bonds. The molecule has 0 aliphatic heterocycles. The summed E-state index contributed by atoms with van der Waals surface area (Å²) in [5, 5.41) is 0. The Bertz CT molecular complexity index is 185. The molecule has 0 bridgehead atoms. The summed E-state index contributed by atoms with van der Waals surface area (Å²) in [7, 11) is -1.80. The second-order valence-electron chi connectivity index (χ2n) is 4.06. The first-order valence-electron chi connectivity index (χ1n) is 5.99. The van der Waals surface area contributed by atoms with Crippen LogP contribution in [-0.4, -0.2) is 14.3 Å². The fourth-order valence-corrected chi connectivity index (χ4v) is 6.45. The normalized spacial score (nSPS) is 11.1. The maximum Gasteiger partial charge on any atom is 0.316 e.